The number of para-hydroxylation sites is 3. The van der Waals surface area contributed by atoms with Gasteiger partial charge in [-0.15, -0.1) is 0 Å². The molecule has 196 valence electrons. The van der Waals surface area contributed by atoms with Gasteiger partial charge >= 0.3 is 12.0 Å². The molecule has 1 fully saturated rings. The van der Waals surface area contributed by atoms with Gasteiger partial charge in [0.25, 0.3) is 0 Å². The van der Waals surface area contributed by atoms with E-state index in [-0.39, 0.29) is 30.9 Å². The average molecular weight is 512 g/mol. The lowest BCUT2D eigenvalue weighted by atomic mass is 9.75. The zero-order valence-corrected chi connectivity index (χ0v) is 21.7. The van der Waals surface area contributed by atoms with Gasteiger partial charge in [-0.1, -0.05) is 54.6 Å². The number of nitrogens with zero attached hydrogens (tertiary/aromatic N) is 3. The van der Waals surface area contributed by atoms with Gasteiger partial charge in [0.15, 0.2) is 0 Å². The summed E-state index contributed by atoms with van der Waals surface area (Å²) in [5.41, 5.74) is 2.61. The van der Waals surface area contributed by atoms with Crippen molar-refractivity contribution in [3.63, 3.8) is 0 Å². The summed E-state index contributed by atoms with van der Waals surface area (Å²) in [6.45, 7) is 3.44. The number of hydrogen-bond donors (Lipinski definition) is 0. The molecule has 38 heavy (non-hydrogen) atoms. The van der Waals surface area contributed by atoms with Crippen molar-refractivity contribution >= 4 is 35.0 Å². The van der Waals surface area contributed by atoms with Crippen molar-refractivity contribution < 1.29 is 19.1 Å². The molecule has 0 spiro atoms. The van der Waals surface area contributed by atoms with Gasteiger partial charge in [-0.05, 0) is 62.1 Å². The molecule has 0 N–H and O–H groups in total. The first-order valence-electron chi connectivity index (χ1n) is 13.3. The first-order chi connectivity index (χ1) is 18.5. The zero-order chi connectivity index (χ0) is 26.5. The second-order valence-corrected chi connectivity index (χ2v) is 9.88. The highest BCUT2D eigenvalue weighted by Gasteiger charge is 2.47. The van der Waals surface area contributed by atoms with Gasteiger partial charge in [0.05, 0.1) is 12.0 Å². The summed E-state index contributed by atoms with van der Waals surface area (Å²) in [5, 5.41) is 0. The molecule has 0 radical (unpaired) electrons. The molecular formula is C31H33N3O4. The molecule has 7 heteroatoms. The Labute approximate surface area is 223 Å². The van der Waals surface area contributed by atoms with Crippen molar-refractivity contribution in [2.75, 3.05) is 36.0 Å². The average Bonchev–Trinajstić information content (AvgIpc) is 3.39. The lowest BCUT2D eigenvalue weighted by Gasteiger charge is -2.41. The molecule has 1 saturated heterocycles. The Kier molecular flexibility index (Phi) is 7.45. The zero-order valence-electron chi connectivity index (χ0n) is 21.7. The number of rotatable bonds is 6. The molecule has 0 unspecified atom stereocenters. The third kappa shape index (κ3) is 5.01. The van der Waals surface area contributed by atoms with Crippen molar-refractivity contribution in [3.05, 3.63) is 90.5 Å². The van der Waals surface area contributed by atoms with Crippen LogP contribution in [0, 0.1) is 5.41 Å². The van der Waals surface area contributed by atoms with Crippen LogP contribution in [-0.4, -0.2) is 49.0 Å². The second kappa shape index (κ2) is 11.1. The molecule has 2 aliphatic rings. The fraction of sp³-hybridized carbons (Fsp3) is 0.323. The Morgan fingerprint density at radius 1 is 0.816 bits per heavy atom. The number of esters is 1. The number of amides is 3. The molecule has 2 heterocycles. The smallest absolute Gasteiger partial charge is 0.324 e. The number of hydrogen-bond acceptors (Lipinski definition) is 4. The van der Waals surface area contributed by atoms with Crippen molar-refractivity contribution in [1.82, 2.24) is 4.90 Å². The van der Waals surface area contributed by atoms with Crippen molar-refractivity contribution in [2.24, 2.45) is 5.41 Å². The van der Waals surface area contributed by atoms with Crippen molar-refractivity contribution in [2.45, 2.75) is 32.6 Å². The highest BCUT2D eigenvalue weighted by atomic mass is 16.5. The van der Waals surface area contributed by atoms with E-state index in [0.717, 1.165) is 23.5 Å². The Bertz CT molecular complexity index is 1250. The second-order valence-electron chi connectivity index (χ2n) is 9.88. The molecule has 7 nitrogen and oxygen atoms in total. The Balaban J connectivity index is 1.36. The summed E-state index contributed by atoms with van der Waals surface area (Å²) in [6.07, 6.45) is 1.59. The van der Waals surface area contributed by atoms with E-state index in [2.05, 4.69) is 6.07 Å². The highest BCUT2D eigenvalue weighted by molar-refractivity contribution is 6.02. The standard InChI is InChI=1S/C31H33N3O4/c1-2-38-29(36)31(23-28(35)34(25-12-5-3-6-13-25)26-14-7-4-8-15-26)18-21-32(22-19-31)30(37)33-20-17-24-11-9-10-16-27(24)33/h3-16H,2,17-23H2,1H3. The van der Waals surface area contributed by atoms with Gasteiger partial charge in [-0.25, -0.2) is 4.79 Å². The number of carbonyl (C=O) groups excluding carboxylic acids is 3. The molecule has 0 aliphatic carbocycles. The van der Waals surface area contributed by atoms with Crippen LogP contribution in [0.5, 0.6) is 0 Å². The molecule has 2 aliphatic heterocycles. The quantitative estimate of drug-likeness (QED) is 0.406. The van der Waals surface area contributed by atoms with Crippen LogP contribution in [0.4, 0.5) is 21.9 Å². The monoisotopic (exact) mass is 511 g/mol. The van der Waals surface area contributed by atoms with Gasteiger partial charge in [-0.3, -0.25) is 19.4 Å². The molecule has 3 amide bonds. The minimum Gasteiger partial charge on any atom is -0.466 e. The summed E-state index contributed by atoms with van der Waals surface area (Å²) in [6, 6.07) is 26.8. The maximum Gasteiger partial charge on any atom is 0.324 e. The van der Waals surface area contributed by atoms with E-state index in [9.17, 15) is 14.4 Å². The van der Waals surface area contributed by atoms with E-state index < -0.39 is 5.41 Å². The molecule has 3 aromatic rings. The predicted octanol–water partition coefficient (Wildman–Crippen LogP) is 5.57. The van der Waals surface area contributed by atoms with Crippen LogP contribution in [0.25, 0.3) is 0 Å². The summed E-state index contributed by atoms with van der Waals surface area (Å²) in [5.74, 6) is -0.545. The van der Waals surface area contributed by atoms with E-state index in [1.54, 1.807) is 16.7 Å². The molecule has 3 aromatic carbocycles. The van der Waals surface area contributed by atoms with E-state index in [1.165, 1.54) is 5.56 Å². The van der Waals surface area contributed by atoms with E-state index in [4.69, 9.17) is 4.74 Å². The Morgan fingerprint density at radius 2 is 1.39 bits per heavy atom. The molecule has 0 saturated carbocycles. The van der Waals surface area contributed by atoms with Crippen LogP contribution < -0.4 is 9.80 Å². The maximum absolute atomic E-state index is 13.9. The number of fused-ring (bicyclic) bond motifs is 1. The third-order valence-electron chi connectivity index (χ3n) is 7.59. The minimum atomic E-state index is -0.991. The van der Waals surface area contributed by atoms with Gasteiger partial charge in [-0.2, -0.15) is 0 Å². The lowest BCUT2D eigenvalue weighted by molar-refractivity contribution is -0.160. The highest BCUT2D eigenvalue weighted by Crippen LogP contribution is 2.40. The number of urea groups is 1. The summed E-state index contributed by atoms with van der Waals surface area (Å²) < 4.78 is 5.50. The van der Waals surface area contributed by atoms with Crippen LogP contribution in [0.2, 0.25) is 0 Å². The SMILES string of the molecule is CCOC(=O)C1(CC(=O)N(c2ccccc2)c2ccccc2)CCN(C(=O)N2CCc3ccccc32)CC1. The first kappa shape index (κ1) is 25.5. The van der Waals surface area contributed by atoms with Crippen LogP contribution in [0.3, 0.4) is 0 Å². The largest absolute Gasteiger partial charge is 0.466 e. The first-order valence-corrected chi connectivity index (χ1v) is 13.3. The van der Waals surface area contributed by atoms with Gasteiger partial charge in [0.1, 0.15) is 0 Å². The number of piperidine rings is 1. The fourth-order valence-electron chi connectivity index (χ4n) is 5.53. The van der Waals surface area contributed by atoms with Crippen LogP contribution in [0.1, 0.15) is 31.7 Å². The molecule has 0 bridgehead atoms. The summed E-state index contributed by atoms with van der Waals surface area (Å²) >= 11 is 0. The topological polar surface area (TPSA) is 70.2 Å². The van der Waals surface area contributed by atoms with Crippen molar-refractivity contribution in [1.29, 1.82) is 0 Å². The Morgan fingerprint density at radius 3 is 2.00 bits per heavy atom. The number of anilines is 3. The summed E-state index contributed by atoms with van der Waals surface area (Å²) in [7, 11) is 0. The van der Waals surface area contributed by atoms with Crippen LogP contribution in [-0.2, 0) is 20.7 Å². The third-order valence-corrected chi connectivity index (χ3v) is 7.59. The molecule has 0 aromatic heterocycles. The fourth-order valence-corrected chi connectivity index (χ4v) is 5.53. The molecular weight excluding hydrogens is 478 g/mol. The molecule has 5 rings (SSSR count). The minimum absolute atomic E-state index is 0.00417. The van der Waals surface area contributed by atoms with Crippen LogP contribution >= 0.6 is 0 Å². The summed E-state index contributed by atoms with van der Waals surface area (Å²) in [4.78, 5) is 46.0. The molecule has 0 atom stereocenters. The Hall–Kier alpha value is -4.13. The number of likely N-dealkylation sites (tertiary alicyclic amines) is 1. The van der Waals surface area contributed by atoms with E-state index in [0.29, 0.717) is 32.5 Å². The normalized spacial score (nSPS) is 16.0. The predicted molar refractivity (Wildman–Crippen MR) is 147 cm³/mol. The van der Waals surface area contributed by atoms with Crippen molar-refractivity contribution in [3.8, 4) is 0 Å². The van der Waals surface area contributed by atoms with Crippen LogP contribution in [0.15, 0.2) is 84.9 Å². The maximum atomic E-state index is 13.9. The number of benzene rings is 3. The van der Waals surface area contributed by atoms with Gasteiger partial charge < -0.3 is 9.64 Å². The number of ether oxygens (including phenoxy) is 1. The van der Waals surface area contributed by atoms with E-state index in [1.807, 2.05) is 83.8 Å². The van der Waals surface area contributed by atoms with Gasteiger partial charge in [0, 0.05) is 43.1 Å². The van der Waals surface area contributed by atoms with Gasteiger partial charge in [0.2, 0.25) is 5.91 Å². The van der Waals surface area contributed by atoms with E-state index >= 15 is 0 Å². The lowest BCUT2D eigenvalue weighted by Crippen LogP contribution is -2.52. The number of carbonyl (C=O) groups is 3.